The van der Waals surface area contributed by atoms with Gasteiger partial charge in [-0.05, 0) is 37.0 Å². The van der Waals surface area contributed by atoms with E-state index in [-0.39, 0.29) is 0 Å². The zero-order valence-electron chi connectivity index (χ0n) is 9.64. The predicted octanol–water partition coefficient (Wildman–Crippen LogP) is 4.42. The molecule has 1 rings (SSSR count). The van der Waals surface area contributed by atoms with E-state index in [9.17, 15) is 0 Å². The summed E-state index contributed by atoms with van der Waals surface area (Å²) in [6.45, 7) is 9.43. The second-order valence-corrected chi connectivity index (χ2v) is 5.27. The van der Waals surface area contributed by atoms with Gasteiger partial charge in [0.05, 0.1) is 0 Å². The summed E-state index contributed by atoms with van der Waals surface area (Å²) in [5.41, 5.74) is 0.567. The molecule has 0 N–H and O–H groups in total. The van der Waals surface area contributed by atoms with Crippen molar-refractivity contribution in [2.24, 2.45) is 17.3 Å². The van der Waals surface area contributed by atoms with Gasteiger partial charge >= 0.3 is 0 Å². The highest BCUT2D eigenvalue weighted by atomic mass is 14.4. The fourth-order valence-electron chi connectivity index (χ4n) is 2.87. The predicted molar refractivity (Wildman–Crippen MR) is 59.7 cm³/mol. The first-order chi connectivity index (χ1) is 6.08. The Bertz CT molecular complexity index is 176. The standard InChI is InChI=1S/C13H24/c1-5-6-9-12-11(2)8-7-10-13(12,3)4/h5-6,11-12H,7-10H2,1-4H3/b6-5+/t11-,12-/m0/s1. The Morgan fingerprint density at radius 2 is 2.08 bits per heavy atom. The quantitative estimate of drug-likeness (QED) is 0.552. The third-order valence-electron chi connectivity index (χ3n) is 3.80. The van der Waals surface area contributed by atoms with Crippen LogP contribution in [0, 0.1) is 17.3 Å². The van der Waals surface area contributed by atoms with Crippen molar-refractivity contribution in [1.82, 2.24) is 0 Å². The van der Waals surface area contributed by atoms with Gasteiger partial charge in [-0.25, -0.2) is 0 Å². The lowest BCUT2D eigenvalue weighted by molar-refractivity contribution is 0.0863. The van der Waals surface area contributed by atoms with E-state index in [4.69, 9.17) is 0 Å². The molecule has 0 saturated heterocycles. The van der Waals surface area contributed by atoms with Crippen molar-refractivity contribution < 1.29 is 0 Å². The maximum Gasteiger partial charge on any atom is -0.0302 e. The van der Waals surface area contributed by atoms with Crippen LogP contribution in [0.25, 0.3) is 0 Å². The van der Waals surface area contributed by atoms with Gasteiger partial charge in [-0.15, -0.1) is 0 Å². The summed E-state index contributed by atoms with van der Waals surface area (Å²) >= 11 is 0. The van der Waals surface area contributed by atoms with Crippen LogP contribution in [-0.2, 0) is 0 Å². The minimum absolute atomic E-state index is 0.567. The first kappa shape index (κ1) is 10.8. The Labute approximate surface area is 83.4 Å². The van der Waals surface area contributed by atoms with Gasteiger partial charge in [-0.1, -0.05) is 45.8 Å². The van der Waals surface area contributed by atoms with E-state index in [1.54, 1.807) is 0 Å². The van der Waals surface area contributed by atoms with Crippen molar-refractivity contribution >= 4 is 0 Å². The molecule has 0 aromatic carbocycles. The summed E-state index contributed by atoms with van der Waals surface area (Å²) in [4.78, 5) is 0. The highest BCUT2D eigenvalue weighted by molar-refractivity contribution is 4.92. The van der Waals surface area contributed by atoms with E-state index in [2.05, 4.69) is 39.8 Å². The van der Waals surface area contributed by atoms with Gasteiger partial charge in [0, 0.05) is 0 Å². The second-order valence-electron chi connectivity index (χ2n) is 5.27. The lowest BCUT2D eigenvalue weighted by Gasteiger charge is -2.42. The molecule has 0 aliphatic heterocycles. The Balaban J connectivity index is 2.63. The molecule has 13 heavy (non-hydrogen) atoms. The third-order valence-corrected chi connectivity index (χ3v) is 3.80. The summed E-state index contributed by atoms with van der Waals surface area (Å²) in [6.07, 6.45) is 10.1. The molecule has 0 bridgehead atoms. The van der Waals surface area contributed by atoms with Gasteiger partial charge in [-0.2, -0.15) is 0 Å². The maximum atomic E-state index is 2.44. The van der Waals surface area contributed by atoms with Crippen LogP contribution in [0.3, 0.4) is 0 Å². The van der Waals surface area contributed by atoms with Gasteiger partial charge in [0.2, 0.25) is 0 Å². The Morgan fingerprint density at radius 3 is 2.62 bits per heavy atom. The molecule has 1 aliphatic rings. The molecule has 0 spiro atoms. The zero-order valence-corrected chi connectivity index (χ0v) is 9.64. The maximum absolute atomic E-state index is 2.44. The smallest absolute Gasteiger partial charge is 0.0302 e. The van der Waals surface area contributed by atoms with Crippen LogP contribution in [0.4, 0.5) is 0 Å². The zero-order chi connectivity index (χ0) is 9.90. The topological polar surface area (TPSA) is 0 Å². The lowest BCUT2D eigenvalue weighted by atomic mass is 9.63. The molecule has 0 radical (unpaired) electrons. The van der Waals surface area contributed by atoms with Gasteiger partial charge in [-0.3, -0.25) is 0 Å². The molecular formula is C13H24. The molecule has 0 heteroatoms. The van der Waals surface area contributed by atoms with Crippen molar-refractivity contribution in [2.75, 3.05) is 0 Å². The van der Waals surface area contributed by atoms with Crippen molar-refractivity contribution in [3.05, 3.63) is 12.2 Å². The first-order valence-corrected chi connectivity index (χ1v) is 5.69. The monoisotopic (exact) mass is 180 g/mol. The van der Waals surface area contributed by atoms with Crippen LogP contribution in [-0.4, -0.2) is 0 Å². The summed E-state index contributed by atoms with van der Waals surface area (Å²) in [7, 11) is 0. The van der Waals surface area contributed by atoms with Crippen molar-refractivity contribution in [1.29, 1.82) is 0 Å². The Hall–Kier alpha value is -0.260. The molecule has 1 aliphatic carbocycles. The van der Waals surface area contributed by atoms with E-state index < -0.39 is 0 Å². The molecule has 0 unspecified atom stereocenters. The third kappa shape index (κ3) is 2.59. The molecule has 1 fully saturated rings. The lowest BCUT2D eigenvalue weighted by Crippen LogP contribution is -2.33. The van der Waals surface area contributed by atoms with Crippen LogP contribution in [0.1, 0.15) is 53.4 Å². The SMILES string of the molecule is C/C=C/C[C@H]1[C@@H](C)CCCC1(C)C. The van der Waals surface area contributed by atoms with Gasteiger partial charge < -0.3 is 0 Å². The number of rotatable bonds is 2. The minimum Gasteiger partial charge on any atom is -0.0917 e. The van der Waals surface area contributed by atoms with Gasteiger partial charge in [0.1, 0.15) is 0 Å². The minimum atomic E-state index is 0.567. The van der Waals surface area contributed by atoms with Gasteiger partial charge in [0.25, 0.3) is 0 Å². The van der Waals surface area contributed by atoms with Crippen molar-refractivity contribution in [3.8, 4) is 0 Å². The molecule has 0 amide bonds. The van der Waals surface area contributed by atoms with Crippen LogP contribution in [0.15, 0.2) is 12.2 Å². The second kappa shape index (κ2) is 4.30. The van der Waals surface area contributed by atoms with E-state index in [0.29, 0.717) is 5.41 Å². The van der Waals surface area contributed by atoms with Crippen molar-refractivity contribution in [3.63, 3.8) is 0 Å². The molecule has 0 nitrogen and oxygen atoms in total. The average molecular weight is 180 g/mol. The van der Waals surface area contributed by atoms with Crippen LogP contribution in [0.2, 0.25) is 0 Å². The summed E-state index contributed by atoms with van der Waals surface area (Å²) in [5, 5.41) is 0. The van der Waals surface area contributed by atoms with Crippen LogP contribution >= 0.6 is 0 Å². The summed E-state index contributed by atoms with van der Waals surface area (Å²) < 4.78 is 0. The van der Waals surface area contributed by atoms with Gasteiger partial charge in [0.15, 0.2) is 0 Å². The number of hydrogen-bond acceptors (Lipinski definition) is 0. The Kier molecular flexibility index (Phi) is 3.58. The largest absolute Gasteiger partial charge is 0.0917 e. The van der Waals surface area contributed by atoms with E-state index in [1.807, 2.05) is 0 Å². The molecular weight excluding hydrogens is 156 g/mol. The Morgan fingerprint density at radius 1 is 1.38 bits per heavy atom. The molecule has 0 aromatic rings. The molecule has 0 aromatic heterocycles. The molecule has 1 saturated carbocycles. The fourth-order valence-corrected chi connectivity index (χ4v) is 2.87. The summed E-state index contributed by atoms with van der Waals surface area (Å²) in [6, 6.07) is 0. The number of allylic oxidation sites excluding steroid dienone is 2. The highest BCUT2D eigenvalue weighted by Crippen LogP contribution is 2.45. The normalized spacial score (nSPS) is 33.8. The van der Waals surface area contributed by atoms with E-state index in [1.165, 1.54) is 25.7 Å². The molecule has 76 valence electrons. The fraction of sp³-hybridized carbons (Fsp3) is 0.846. The van der Waals surface area contributed by atoms with Crippen LogP contribution in [0.5, 0.6) is 0 Å². The summed E-state index contributed by atoms with van der Waals surface area (Å²) in [5.74, 6) is 1.82. The highest BCUT2D eigenvalue weighted by Gasteiger charge is 2.35. The van der Waals surface area contributed by atoms with Crippen molar-refractivity contribution in [2.45, 2.75) is 53.4 Å². The number of hydrogen-bond donors (Lipinski definition) is 0. The first-order valence-electron chi connectivity index (χ1n) is 5.69. The van der Waals surface area contributed by atoms with E-state index >= 15 is 0 Å². The van der Waals surface area contributed by atoms with E-state index in [0.717, 1.165) is 11.8 Å². The van der Waals surface area contributed by atoms with Crippen LogP contribution < -0.4 is 0 Å². The molecule has 0 heterocycles. The molecule has 2 atom stereocenters. The average Bonchev–Trinajstić information content (AvgIpc) is 2.02.